The molecule has 0 amide bonds. The quantitative estimate of drug-likeness (QED) is 0.582. The van der Waals surface area contributed by atoms with Gasteiger partial charge >= 0.3 is 12.0 Å². The van der Waals surface area contributed by atoms with Gasteiger partial charge in [0.25, 0.3) is 0 Å². The SMILES string of the molecule is CC.COC(=O)C(C)(C)COc1ccc(-c2ccc(-c3nc(OC)n[nH]3)cc2)cn1. The lowest BCUT2D eigenvalue weighted by Gasteiger charge is -2.21. The molecule has 8 nitrogen and oxygen atoms in total. The van der Waals surface area contributed by atoms with Gasteiger partial charge in [0.1, 0.15) is 6.61 Å². The lowest BCUT2D eigenvalue weighted by molar-refractivity contribution is -0.152. The second-order valence-corrected chi connectivity index (χ2v) is 6.80. The van der Waals surface area contributed by atoms with Crippen molar-refractivity contribution in [2.24, 2.45) is 5.41 Å². The van der Waals surface area contributed by atoms with Crippen molar-refractivity contribution in [1.29, 1.82) is 0 Å². The number of nitrogens with zero attached hydrogens (tertiary/aromatic N) is 3. The van der Waals surface area contributed by atoms with Crippen molar-refractivity contribution in [3.63, 3.8) is 0 Å². The maximum absolute atomic E-state index is 11.7. The van der Waals surface area contributed by atoms with Gasteiger partial charge in [-0.25, -0.2) is 4.98 Å². The van der Waals surface area contributed by atoms with E-state index < -0.39 is 5.41 Å². The Morgan fingerprint density at radius 1 is 1.00 bits per heavy atom. The minimum absolute atomic E-state index is 0.182. The van der Waals surface area contributed by atoms with Gasteiger partial charge in [0, 0.05) is 23.4 Å². The summed E-state index contributed by atoms with van der Waals surface area (Å²) in [5.41, 5.74) is 2.11. The van der Waals surface area contributed by atoms with Crippen molar-refractivity contribution in [1.82, 2.24) is 20.2 Å². The zero-order chi connectivity index (χ0) is 22.1. The number of H-pyrrole nitrogens is 1. The highest BCUT2D eigenvalue weighted by Crippen LogP contribution is 2.25. The Bertz CT molecular complexity index is 935. The number of hydrogen-bond acceptors (Lipinski definition) is 7. The molecule has 1 aromatic carbocycles. The molecule has 0 fully saturated rings. The summed E-state index contributed by atoms with van der Waals surface area (Å²) in [7, 11) is 2.88. The highest BCUT2D eigenvalue weighted by molar-refractivity contribution is 5.76. The Balaban J connectivity index is 0.00000155. The van der Waals surface area contributed by atoms with Gasteiger partial charge in [0.15, 0.2) is 5.82 Å². The molecule has 3 rings (SSSR count). The first-order chi connectivity index (χ1) is 14.4. The zero-order valence-corrected chi connectivity index (χ0v) is 18.2. The van der Waals surface area contributed by atoms with Crippen LogP contribution < -0.4 is 9.47 Å². The third-order valence-corrected chi connectivity index (χ3v) is 4.19. The van der Waals surface area contributed by atoms with Gasteiger partial charge in [-0.3, -0.25) is 9.89 Å². The third-order valence-electron chi connectivity index (χ3n) is 4.19. The van der Waals surface area contributed by atoms with Gasteiger partial charge in [-0.1, -0.05) is 38.1 Å². The number of nitrogens with one attached hydrogen (secondary N) is 1. The number of aromatic amines is 1. The van der Waals surface area contributed by atoms with Crippen LogP contribution in [0.3, 0.4) is 0 Å². The van der Waals surface area contributed by atoms with E-state index in [9.17, 15) is 4.79 Å². The van der Waals surface area contributed by atoms with Crippen molar-refractivity contribution in [2.45, 2.75) is 27.7 Å². The maximum Gasteiger partial charge on any atom is 0.335 e. The van der Waals surface area contributed by atoms with E-state index in [4.69, 9.17) is 14.2 Å². The molecule has 0 atom stereocenters. The normalized spacial score (nSPS) is 10.6. The molecule has 0 aliphatic rings. The summed E-state index contributed by atoms with van der Waals surface area (Å²) in [5, 5.41) is 6.77. The number of benzene rings is 1. The molecule has 1 N–H and O–H groups in total. The van der Waals surface area contributed by atoms with Crippen LogP contribution in [0, 0.1) is 5.41 Å². The van der Waals surface area contributed by atoms with E-state index in [0.717, 1.165) is 16.7 Å². The minimum atomic E-state index is -0.742. The monoisotopic (exact) mass is 412 g/mol. The van der Waals surface area contributed by atoms with Gasteiger partial charge in [0.05, 0.1) is 19.6 Å². The summed E-state index contributed by atoms with van der Waals surface area (Å²) < 4.78 is 15.4. The molecule has 0 spiro atoms. The molecule has 0 radical (unpaired) electrons. The number of rotatable bonds is 7. The first-order valence-electron chi connectivity index (χ1n) is 9.67. The van der Waals surface area contributed by atoms with E-state index in [1.807, 2.05) is 44.2 Å². The number of carbonyl (C=O) groups is 1. The highest BCUT2D eigenvalue weighted by atomic mass is 16.5. The fourth-order valence-electron chi connectivity index (χ4n) is 2.51. The molecular formula is C22H28N4O4. The second-order valence-electron chi connectivity index (χ2n) is 6.80. The fraction of sp³-hybridized carbons (Fsp3) is 0.364. The summed E-state index contributed by atoms with van der Waals surface area (Å²) in [6, 6.07) is 11.8. The third kappa shape index (κ3) is 5.56. The molecule has 2 heterocycles. The Morgan fingerprint density at radius 3 is 2.17 bits per heavy atom. The first-order valence-corrected chi connectivity index (χ1v) is 9.67. The van der Waals surface area contributed by atoms with E-state index in [1.54, 1.807) is 26.1 Å². The van der Waals surface area contributed by atoms with Crippen molar-refractivity contribution in [3.05, 3.63) is 42.6 Å². The summed E-state index contributed by atoms with van der Waals surface area (Å²) >= 11 is 0. The van der Waals surface area contributed by atoms with E-state index in [0.29, 0.717) is 17.7 Å². The van der Waals surface area contributed by atoms with E-state index in [2.05, 4.69) is 20.2 Å². The molecule has 0 aliphatic heterocycles. The number of hydrogen-bond donors (Lipinski definition) is 1. The predicted molar refractivity (Wildman–Crippen MR) is 114 cm³/mol. The second kappa shape index (κ2) is 10.4. The van der Waals surface area contributed by atoms with Crippen molar-refractivity contribution in [2.75, 3.05) is 20.8 Å². The fourth-order valence-corrected chi connectivity index (χ4v) is 2.51. The van der Waals surface area contributed by atoms with E-state index in [-0.39, 0.29) is 12.6 Å². The Labute approximate surface area is 176 Å². The molecule has 8 heteroatoms. The van der Waals surface area contributed by atoms with Crippen LogP contribution in [0.25, 0.3) is 22.5 Å². The lowest BCUT2D eigenvalue weighted by atomic mass is 9.95. The number of methoxy groups -OCH3 is 2. The molecule has 0 saturated carbocycles. The van der Waals surface area contributed by atoms with Crippen LogP contribution in [-0.4, -0.2) is 47.0 Å². The van der Waals surface area contributed by atoms with Gasteiger partial charge in [-0.05, 0) is 25.5 Å². The van der Waals surface area contributed by atoms with E-state index in [1.165, 1.54) is 14.2 Å². The van der Waals surface area contributed by atoms with Crippen LogP contribution >= 0.6 is 0 Å². The van der Waals surface area contributed by atoms with Crippen LogP contribution in [-0.2, 0) is 9.53 Å². The highest BCUT2D eigenvalue weighted by Gasteiger charge is 2.29. The van der Waals surface area contributed by atoms with Crippen molar-refractivity contribution >= 4 is 5.97 Å². The Kier molecular flexibility index (Phi) is 7.91. The molecule has 30 heavy (non-hydrogen) atoms. The zero-order valence-electron chi connectivity index (χ0n) is 18.2. The Hall–Kier alpha value is -3.42. The van der Waals surface area contributed by atoms with Gasteiger partial charge < -0.3 is 14.2 Å². The van der Waals surface area contributed by atoms with Gasteiger partial charge in [0.2, 0.25) is 5.88 Å². The topological polar surface area (TPSA) is 99.2 Å². The molecule has 0 unspecified atom stereocenters. The largest absolute Gasteiger partial charge is 0.476 e. The Morgan fingerprint density at radius 2 is 1.63 bits per heavy atom. The number of ether oxygens (including phenoxy) is 3. The molecule has 2 aromatic heterocycles. The summed E-state index contributed by atoms with van der Waals surface area (Å²) in [5.74, 6) is 0.762. The molecule has 0 saturated heterocycles. The smallest absolute Gasteiger partial charge is 0.335 e. The van der Waals surface area contributed by atoms with E-state index >= 15 is 0 Å². The van der Waals surface area contributed by atoms with Gasteiger partial charge in [-0.15, -0.1) is 5.10 Å². The maximum atomic E-state index is 11.7. The van der Waals surface area contributed by atoms with Gasteiger partial charge in [-0.2, -0.15) is 4.98 Å². The average molecular weight is 412 g/mol. The van der Waals surface area contributed by atoms with Crippen LogP contribution in [0.4, 0.5) is 0 Å². The average Bonchev–Trinajstić information content (AvgIpc) is 3.28. The molecular weight excluding hydrogens is 384 g/mol. The lowest BCUT2D eigenvalue weighted by Crippen LogP contribution is -2.32. The molecule has 160 valence electrons. The van der Waals surface area contributed by atoms with Crippen LogP contribution in [0.1, 0.15) is 27.7 Å². The molecule has 0 bridgehead atoms. The van der Waals surface area contributed by atoms with Crippen molar-refractivity contribution < 1.29 is 19.0 Å². The predicted octanol–water partition coefficient (Wildman–Crippen LogP) is 4.15. The number of esters is 1. The standard InChI is InChI=1S/C20H22N4O4.C2H6/c1-20(2,18(25)26-3)12-28-16-10-9-15(11-21-16)13-5-7-14(8-6-13)17-22-19(27-4)24-23-17;1-2/h5-11H,12H2,1-4H3,(H,22,23,24);1-2H3. The first kappa shape index (κ1) is 22.9. The minimum Gasteiger partial charge on any atom is -0.476 e. The summed E-state index contributed by atoms with van der Waals surface area (Å²) in [6.07, 6.45) is 1.73. The summed E-state index contributed by atoms with van der Waals surface area (Å²) in [6.45, 7) is 7.71. The van der Waals surface area contributed by atoms with Crippen molar-refractivity contribution in [3.8, 4) is 34.4 Å². The van der Waals surface area contributed by atoms with Crippen LogP contribution in [0.15, 0.2) is 42.6 Å². The van der Waals surface area contributed by atoms with Crippen LogP contribution in [0.5, 0.6) is 11.9 Å². The number of aromatic nitrogens is 4. The molecule has 3 aromatic rings. The molecule has 0 aliphatic carbocycles. The number of carbonyl (C=O) groups excluding carboxylic acids is 1. The number of pyridine rings is 1. The summed E-state index contributed by atoms with van der Waals surface area (Å²) in [4.78, 5) is 20.2. The van der Waals surface area contributed by atoms with Crippen LogP contribution in [0.2, 0.25) is 0 Å².